The highest BCUT2D eigenvalue weighted by Gasteiger charge is 2.06. The fraction of sp³-hybridized carbons (Fsp3) is 0.167. The highest BCUT2D eigenvalue weighted by molar-refractivity contribution is 6.00. The first-order chi connectivity index (χ1) is 10.1. The third-order valence-electron chi connectivity index (χ3n) is 2.48. The number of nitrogens with one attached hydrogen (secondary N) is 1. The number of benzene rings is 1. The zero-order valence-electron chi connectivity index (χ0n) is 11.1. The largest absolute Gasteiger partial charge is 0.288 e. The molecule has 0 saturated carbocycles. The number of rotatable bonds is 5. The molecule has 2 rings (SSSR count). The molecule has 1 aromatic carbocycles. The van der Waals surface area contributed by atoms with Crippen LogP contribution in [-0.2, 0) is 11.3 Å². The maximum Gasteiger partial charge on any atom is 0.270 e. The second-order valence-electron chi connectivity index (χ2n) is 3.98. The number of nitro groups is 1. The normalized spacial score (nSPS) is 10.7. The number of nitrogens with zero attached hydrogens (tertiary/aromatic N) is 5. The predicted octanol–water partition coefficient (Wildman–Crippen LogP) is 1.25. The Bertz CT molecular complexity index is 694. The predicted molar refractivity (Wildman–Crippen MR) is 74.3 cm³/mol. The molecule has 1 amide bonds. The molecule has 9 heteroatoms. The topological polar surface area (TPSA) is 116 Å². The molecule has 2 aromatic rings. The number of carbonyl (C=O) groups is 1. The average molecular weight is 288 g/mol. The number of tetrazole rings is 1. The molecule has 0 fully saturated rings. The van der Waals surface area contributed by atoms with E-state index in [0.717, 1.165) is 0 Å². The van der Waals surface area contributed by atoms with E-state index in [9.17, 15) is 14.9 Å². The second kappa shape index (κ2) is 6.37. The lowest BCUT2D eigenvalue weighted by molar-refractivity contribution is -0.384. The summed E-state index contributed by atoms with van der Waals surface area (Å²) in [6, 6.07) is 5.95. The van der Waals surface area contributed by atoms with Crippen molar-refractivity contribution in [2.45, 2.75) is 13.5 Å². The summed E-state index contributed by atoms with van der Waals surface area (Å²) in [6.07, 6.45) is 2.71. The van der Waals surface area contributed by atoms with E-state index in [4.69, 9.17) is 0 Å². The maximum absolute atomic E-state index is 11.7. The molecule has 108 valence electrons. The van der Waals surface area contributed by atoms with Gasteiger partial charge in [0, 0.05) is 18.2 Å². The van der Waals surface area contributed by atoms with Crippen molar-refractivity contribution in [3.8, 4) is 0 Å². The van der Waals surface area contributed by atoms with E-state index >= 15 is 0 Å². The zero-order valence-corrected chi connectivity index (χ0v) is 11.1. The first kappa shape index (κ1) is 14.3. The minimum absolute atomic E-state index is 0.0369. The van der Waals surface area contributed by atoms with Gasteiger partial charge in [0.15, 0.2) is 0 Å². The van der Waals surface area contributed by atoms with Gasteiger partial charge in [-0.2, -0.15) is 4.80 Å². The van der Waals surface area contributed by atoms with Gasteiger partial charge in [0.2, 0.25) is 0 Å². The second-order valence-corrected chi connectivity index (χ2v) is 3.98. The highest BCUT2D eigenvalue weighted by atomic mass is 16.6. The van der Waals surface area contributed by atoms with Crippen LogP contribution in [0.2, 0.25) is 0 Å². The van der Waals surface area contributed by atoms with Crippen LogP contribution in [0.4, 0.5) is 11.6 Å². The van der Waals surface area contributed by atoms with E-state index in [1.807, 2.05) is 6.92 Å². The first-order valence-electron chi connectivity index (χ1n) is 6.10. The smallest absolute Gasteiger partial charge is 0.270 e. The molecule has 0 aliphatic carbocycles. The summed E-state index contributed by atoms with van der Waals surface area (Å²) < 4.78 is 0. The molecule has 1 aromatic heterocycles. The lowest BCUT2D eigenvalue weighted by Crippen LogP contribution is -2.09. The van der Waals surface area contributed by atoms with Crippen LogP contribution in [-0.4, -0.2) is 31.0 Å². The van der Waals surface area contributed by atoms with Crippen molar-refractivity contribution in [1.82, 2.24) is 20.2 Å². The van der Waals surface area contributed by atoms with Crippen molar-refractivity contribution < 1.29 is 9.72 Å². The Hall–Kier alpha value is -3.10. The van der Waals surface area contributed by atoms with Gasteiger partial charge >= 0.3 is 0 Å². The van der Waals surface area contributed by atoms with Crippen molar-refractivity contribution in [1.29, 1.82) is 0 Å². The number of hydrogen-bond donors (Lipinski definition) is 1. The van der Waals surface area contributed by atoms with Crippen molar-refractivity contribution in [2.24, 2.45) is 0 Å². The number of hydrogen-bond acceptors (Lipinski definition) is 6. The van der Waals surface area contributed by atoms with Crippen LogP contribution in [0.5, 0.6) is 0 Å². The van der Waals surface area contributed by atoms with Crippen molar-refractivity contribution in [2.75, 3.05) is 5.32 Å². The fourth-order valence-corrected chi connectivity index (χ4v) is 1.49. The van der Waals surface area contributed by atoms with E-state index < -0.39 is 10.8 Å². The maximum atomic E-state index is 11.7. The van der Waals surface area contributed by atoms with E-state index in [-0.39, 0.29) is 11.6 Å². The Morgan fingerprint density at radius 2 is 2.33 bits per heavy atom. The minimum Gasteiger partial charge on any atom is -0.288 e. The average Bonchev–Trinajstić information content (AvgIpc) is 2.93. The number of amides is 1. The van der Waals surface area contributed by atoms with Crippen LogP contribution < -0.4 is 5.32 Å². The third kappa shape index (κ3) is 3.93. The number of nitro benzene ring substituents is 1. The quantitative estimate of drug-likeness (QED) is 0.503. The lowest BCUT2D eigenvalue weighted by atomic mass is 10.2. The SMILES string of the molecule is CCn1nnc(NC(=O)/C=C/c2cccc([N+](=O)[O-])c2)n1. The van der Waals surface area contributed by atoms with E-state index in [1.165, 1.54) is 29.1 Å². The standard InChI is InChI=1S/C12H12N6O3/c1-2-17-15-12(14-16-17)13-11(19)7-6-9-4-3-5-10(8-9)18(20)21/h3-8H,2H2,1H3,(H,13,15,19)/b7-6+. The van der Waals surface area contributed by atoms with Crippen LogP contribution in [0.3, 0.4) is 0 Å². The highest BCUT2D eigenvalue weighted by Crippen LogP contribution is 2.14. The van der Waals surface area contributed by atoms with Gasteiger partial charge in [-0.3, -0.25) is 20.2 Å². The summed E-state index contributed by atoms with van der Waals surface area (Å²) in [5.74, 6) is -0.345. The van der Waals surface area contributed by atoms with Gasteiger partial charge in [-0.05, 0) is 23.8 Å². The van der Waals surface area contributed by atoms with Crippen molar-refractivity contribution in [3.05, 3.63) is 46.0 Å². The molecule has 0 spiro atoms. The van der Waals surface area contributed by atoms with Gasteiger partial charge in [-0.25, -0.2) is 0 Å². The number of aromatic nitrogens is 4. The molecular formula is C12H12N6O3. The summed E-state index contributed by atoms with van der Waals surface area (Å²) in [5, 5.41) is 24.3. The summed E-state index contributed by atoms with van der Waals surface area (Å²) in [6.45, 7) is 2.39. The van der Waals surface area contributed by atoms with Crippen LogP contribution in [0.1, 0.15) is 12.5 Å². The molecule has 0 bridgehead atoms. The number of aryl methyl sites for hydroxylation is 1. The van der Waals surface area contributed by atoms with Gasteiger partial charge < -0.3 is 0 Å². The Labute approximate surface area is 119 Å². The molecule has 0 radical (unpaired) electrons. The molecule has 0 aliphatic rings. The molecule has 0 atom stereocenters. The summed E-state index contributed by atoms with van der Waals surface area (Å²) in [5.41, 5.74) is 0.509. The van der Waals surface area contributed by atoms with Crippen LogP contribution >= 0.6 is 0 Å². The third-order valence-corrected chi connectivity index (χ3v) is 2.48. The van der Waals surface area contributed by atoms with E-state index in [2.05, 4.69) is 20.7 Å². The molecule has 9 nitrogen and oxygen atoms in total. The zero-order chi connectivity index (χ0) is 15.2. The molecule has 0 saturated heterocycles. The lowest BCUT2D eigenvalue weighted by Gasteiger charge is -1.95. The summed E-state index contributed by atoms with van der Waals surface area (Å²) in [7, 11) is 0. The number of non-ortho nitro benzene ring substituents is 1. The molecular weight excluding hydrogens is 276 g/mol. The van der Waals surface area contributed by atoms with Gasteiger partial charge in [-0.1, -0.05) is 17.2 Å². The summed E-state index contributed by atoms with van der Waals surface area (Å²) >= 11 is 0. The number of carbonyl (C=O) groups excluding carboxylic acids is 1. The van der Waals surface area contributed by atoms with Crippen LogP contribution in [0.15, 0.2) is 30.3 Å². The van der Waals surface area contributed by atoms with Crippen molar-refractivity contribution in [3.63, 3.8) is 0 Å². The Morgan fingerprint density at radius 1 is 1.52 bits per heavy atom. The van der Waals surface area contributed by atoms with Crippen LogP contribution in [0.25, 0.3) is 6.08 Å². The molecule has 1 heterocycles. The molecule has 0 unspecified atom stereocenters. The fourth-order valence-electron chi connectivity index (χ4n) is 1.49. The summed E-state index contributed by atoms with van der Waals surface area (Å²) in [4.78, 5) is 23.1. The molecule has 21 heavy (non-hydrogen) atoms. The van der Waals surface area contributed by atoms with Gasteiger partial charge in [0.05, 0.1) is 11.5 Å². The van der Waals surface area contributed by atoms with Crippen LogP contribution in [0, 0.1) is 10.1 Å². The first-order valence-corrected chi connectivity index (χ1v) is 6.10. The molecule has 0 aliphatic heterocycles. The van der Waals surface area contributed by atoms with E-state index in [0.29, 0.717) is 12.1 Å². The van der Waals surface area contributed by atoms with Gasteiger partial charge in [0.25, 0.3) is 17.5 Å². The number of anilines is 1. The monoisotopic (exact) mass is 288 g/mol. The molecule has 1 N–H and O–H groups in total. The Morgan fingerprint density at radius 3 is 3.00 bits per heavy atom. The Kier molecular flexibility index (Phi) is 4.34. The van der Waals surface area contributed by atoms with Crippen molar-refractivity contribution >= 4 is 23.6 Å². The van der Waals surface area contributed by atoms with E-state index in [1.54, 1.807) is 12.1 Å². The van der Waals surface area contributed by atoms with Gasteiger partial charge in [-0.15, -0.1) is 5.10 Å². The Balaban J connectivity index is 2.01. The van der Waals surface area contributed by atoms with Gasteiger partial charge in [0.1, 0.15) is 0 Å². The minimum atomic E-state index is -0.496.